The van der Waals surface area contributed by atoms with Gasteiger partial charge in [0.25, 0.3) is 0 Å². The maximum atomic E-state index is 12.4. The Bertz CT molecular complexity index is 501. The van der Waals surface area contributed by atoms with Gasteiger partial charge in [-0.05, 0) is 24.3 Å². The van der Waals surface area contributed by atoms with E-state index < -0.39 is 10.0 Å². The molecule has 1 saturated heterocycles. The van der Waals surface area contributed by atoms with Crippen LogP contribution in [0.25, 0.3) is 0 Å². The van der Waals surface area contributed by atoms with Crippen molar-refractivity contribution in [3.05, 3.63) is 35.9 Å². The van der Waals surface area contributed by atoms with Crippen LogP contribution in [0, 0.1) is 0 Å². The molecule has 1 aromatic carbocycles. The van der Waals surface area contributed by atoms with E-state index in [1.165, 1.54) is 0 Å². The lowest BCUT2D eigenvalue weighted by Gasteiger charge is -2.30. The van der Waals surface area contributed by atoms with Crippen molar-refractivity contribution in [1.29, 1.82) is 0 Å². The van der Waals surface area contributed by atoms with Crippen molar-refractivity contribution in [1.82, 2.24) is 4.31 Å². The summed E-state index contributed by atoms with van der Waals surface area (Å²) in [7, 11) is -3.21. The Hall–Kier alpha value is -0.910. The number of sulfonamides is 1. The Morgan fingerprint density at radius 2 is 2.05 bits per heavy atom. The molecule has 1 fully saturated rings. The standard InChI is InChI=1S/C14H22N2O2S/c1-12(13-6-3-2-4-7-13)11-19(17,18)16-9-5-8-14(15)10-16/h2-4,6-7,12,14H,5,8-11,15H2,1H3. The molecule has 1 heterocycles. The lowest BCUT2D eigenvalue weighted by atomic mass is 10.0. The first-order chi connectivity index (χ1) is 8.99. The molecule has 2 unspecified atom stereocenters. The molecule has 0 bridgehead atoms. The van der Waals surface area contributed by atoms with Crippen LogP contribution < -0.4 is 5.73 Å². The molecule has 0 spiro atoms. The molecule has 5 heteroatoms. The Balaban J connectivity index is 2.04. The average molecular weight is 282 g/mol. The normalized spacial score (nSPS) is 23.2. The SMILES string of the molecule is CC(CS(=O)(=O)N1CCCC(N)C1)c1ccccc1. The van der Waals surface area contributed by atoms with E-state index in [-0.39, 0.29) is 17.7 Å². The quantitative estimate of drug-likeness (QED) is 0.911. The van der Waals surface area contributed by atoms with E-state index in [2.05, 4.69) is 0 Å². The third-order valence-electron chi connectivity index (χ3n) is 3.64. The summed E-state index contributed by atoms with van der Waals surface area (Å²) in [6, 6.07) is 9.75. The largest absolute Gasteiger partial charge is 0.327 e. The molecular weight excluding hydrogens is 260 g/mol. The predicted octanol–water partition coefficient (Wildman–Crippen LogP) is 1.54. The second-order valence-electron chi connectivity index (χ2n) is 5.35. The number of hydrogen-bond donors (Lipinski definition) is 1. The van der Waals surface area contributed by atoms with Gasteiger partial charge in [-0.2, -0.15) is 0 Å². The smallest absolute Gasteiger partial charge is 0.214 e. The number of nitrogens with zero attached hydrogens (tertiary/aromatic N) is 1. The fourth-order valence-corrected chi connectivity index (χ4v) is 4.39. The summed E-state index contributed by atoms with van der Waals surface area (Å²) in [5.41, 5.74) is 6.92. The topological polar surface area (TPSA) is 63.4 Å². The van der Waals surface area contributed by atoms with Crippen LogP contribution in [0.2, 0.25) is 0 Å². The lowest BCUT2D eigenvalue weighted by Crippen LogP contribution is -2.46. The molecule has 0 aromatic heterocycles. The number of nitrogens with two attached hydrogens (primary N) is 1. The van der Waals surface area contributed by atoms with Crippen molar-refractivity contribution in [2.45, 2.75) is 31.7 Å². The van der Waals surface area contributed by atoms with Crippen molar-refractivity contribution >= 4 is 10.0 Å². The molecule has 1 aliphatic heterocycles. The fourth-order valence-electron chi connectivity index (χ4n) is 2.53. The molecule has 19 heavy (non-hydrogen) atoms. The van der Waals surface area contributed by atoms with Gasteiger partial charge in [0.05, 0.1) is 5.75 Å². The van der Waals surface area contributed by atoms with Crippen LogP contribution in [0.1, 0.15) is 31.2 Å². The summed E-state index contributed by atoms with van der Waals surface area (Å²) in [6.07, 6.45) is 1.78. The molecule has 0 saturated carbocycles. The average Bonchev–Trinajstić information content (AvgIpc) is 2.39. The third kappa shape index (κ3) is 3.78. The zero-order valence-electron chi connectivity index (χ0n) is 11.3. The second kappa shape index (κ2) is 6.03. The number of rotatable bonds is 4. The van der Waals surface area contributed by atoms with Gasteiger partial charge in [-0.3, -0.25) is 0 Å². The molecule has 2 N–H and O–H groups in total. The maximum Gasteiger partial charge on any atom is 0.214 e. The van der Waals surface area contributed by atoms with E-state index in [4.69, 9.17) is 5.73 Å². The molecule has 4 nitrogen and oxygen atoms in total. The zero-order chi connectivity index (χ0) is 13.9. The molecule has 1 aliphatic rings. The molecule has 1 aromatic rings. The van der Waals surface area contributed by atoms with E-state index >= 15 is 0 Å². The van der Waals surface area contributed by atoms with Crippen molar-refractivity contribution in [3.63, 3.8) is 0 Å². The highest BCUT2D eigenvalue weighted by Crippen LogP contribution is 2.21. The summed E-state index contributed by atoms with van der Waals surface area (Å²) >= 11 is 0. The van der Waals surface area contributed by atoms with Crippen molar-refractivity contribution < 1.29 is 8.42 Å². The molecule has 0 amide bonds. The first kappa shape index (κ1) is 14.5. The van der Waals surface area contributed by atoms with E-state index in [0.29, 0.717) is 13.1 Å². The van der Waals surface area contributed by atoms with Gasteiger partial charge in [-0.1, -0.05) is 37.3 Å². The van der Waals surface area contributed by atoms with Crippen LogP contribution in [0.3, 0.4) is 0 Å². The van der Waals surface area contributed by atoms with Crippen molar-refractivity contribution in [2.75, 3.05) is 18.8 Å². The molecule has 0 aliphatic carbocycles. The summed E-state index contributed by atoms with van der Waals surface area (Å²) in [4.78, 5) is 0. The van der Waals surface area contributed by atoms with Gasteiger partial charge in [0.2, 0.25) is 10.0 Å². The third-order valence-corrected chi connectivity index (χ3v) is 5.68. The monoisotopic (exact) mass is 282 g/mol. The van der Waals surface area contributed by atoms with Crippen LogP contribution in [-0.2, 0) is 10.0 Å². The summed E-state index contributed by atoms with van der Waals surface area (Å²) in [5, 5.41) is 0. The Morgan fingerprint density at radius 1 is 1.37 bits per heavy atom. The number of benzene rings is 1. The van der Waals surface area contributed by atoms with Crippen LogP contribution in [-0.4, -0.2) is 37.6 Å². The van der Waals surface area contributed by atoms with Crippen LogP contribution >= 0.6 is 0 Å². The minimum atomic E-state index is -3.21. The predicted molar refractivity (Wildman–Crippen MR) is 77.4 cm³/mol. The highest BCUT2D eigenvalue weighted by atomic mass is 32.2. The first-order valence-electron chi connectivity index (χ1n) is 6.77. The van der Waals surface area contributed by atoms with Gasteiger partial charge in [0.15, 0.2) is 0 Å². The molecule has 2 rings (SSSR count). The highest BCUT2D eigenvalue weighted by Gasteiger charge is 2.28. The van der Waals surface area contributed by atoms with Gasteiger partial charge in [0, 0.05) is 19.1 Å². The van der Waals surface area contributed by atoms with E-state index in [1.54, 1.807) is 4.31 Å². The number of piperidine rings is 1. The molecule has 0 radical (unpaired) electrons. The van der Waals surface area contributed by atoms with Gasteiger partial charge in [-0.25, -0.2) is 12.7 Å². The minimum absolute atomic E-state index is 0.00403. The van der Waals surface area contributed by atoms with Gasteiger partial charge in [-0.15, -0.1) is 0 Å². The molecule has 106 valence electrons. The highest BCUT2D eigenvalue weighted by molar-refractivity contribution is 7.89. The minimum Gasteiger partial charge on any atom is -0.327 e. The Labute approximate surface area is 115 Å². The van der Waals surface area contributed by atoms with Gasteiger partial charge >= 0.3 is 0 Å². The Kier molecular flexibility index (Phi) is 4.60. The fraction of sp³-hybridized carbons (Fsp3) is 0.571. The lowest BCUT2D eigenvalue weighted by molar-refractivity contribution is 0.315. The van der Waals surface area contributed by atoms with E-state index in [1.807, 2.05) is 37.3 Å². The van der Waals surface area contributed by atoms with Crippen molar-refractivity contribution in [3.8, 4) is 0 Å². The van der Waals surface area contributed by atoms with Crippen LogP contribution in [0.15, 0.2) is 30.3 Å². The summed E-state index contributed by atoms with van der Waals surface area (Å²) < 4.78 is 26.3. The van der Waals surface area contributed by atoms with E-state index in [9.17, 15) is 8.42 Å². The van der Waals surface area contributed by atoms with Crippen molar-refractivity contribution in [2.24, 2.45) is 5.73 Å². The van der Waals surface area contributed by atoms with E-state index in [0.717, 1.165) is 18.4 Å². The summed E-state index contributed by atoms with van der Waals surface area (Å²) in [6.45, 7) is 3.03. The van der Waals surface area contributed by atoms with Gasteiger partial charge < -0.3 is 5.73 Å². The van der Waals surface area contributed by atoms with Crippen LogP contribution in [0.4, 0.5) is 0 Å². The first-order valence-corrected chi connectivity index (χ1v) is 8.38. The number of hydrogen-bond acceptors (Lipinski definition) is 3. The summed E-state index contributed by atoms with van der Waals surface area (Å²) in [5.74, 6) is 0.161. The molecular formula is C14H22N2O2S. The molecule has 2 atom stereocenters. The van der Waals surface area contributed by atoms with Gasteiger partial charge in [0.1, 0.15) is 0 Å². The maximum absolute atomic E-state index is 12.4. The van der Waals surface area contributed by atoms with Crippen LogP contribution in [0.5, 0.6) is 0 Å². The zero-order valence-corrected chi connectivity index (χ0v) is 12.1. The Morgan fingerprint density at radius 3 is 2.68 bits per heavy atom. The second-order valence-corrected chi connectivity index (χ2v) is 7.36.